The molecular formula is C45H61NO8Si. The normalized spacial score (nSPS) is 18.5. The van der Waals surface area contributed by atoms with Crippen molar-refractivity contribution >= 4 is 30.6 Å². The van der Waals surface area contributed by atoms with E-state index in [9.17, 15) is 4.79 Å². The topological polar surface area (TPSA) is 92.8 Å². The van der Waals surface area contributed by atoms with Gasteiger partial charge in [0.2, 0.25) is 11.7 Å². The Balaban J connectivity index is 1.61. The number of hydrogen-bond acceptors (Lipinski definition) is 8. The highest BCUT2D eigenvalue weighted by atomic mass is 28.4. The Kier molecular flexibility index (Phi) is 14.6. The summed E-state index contributed by atoms with van der Waals surface area (Å²) in [6.45, 7) is 12.8. The van der Waals surface area contributed by atoms with Crippen LogP contribution in [0.5, 0.6) is 17.2 Å². The Morgan fingerprint density at radius 1 is 0.855 bits per heavy atom. The van der Waals surface area contributed by atoms with Crippen molar-refractivity contribution in [1.29, 1.82) is 0 Å². The van der Waals surface area contributed by atoms with E-state index in [1.54, 1.807) is 32.1 Å². The SMILES string of the molecule is C=C[C@H](OCOC)[C@@H](C)OC(=O)[C@@H]1CCCCN1C(=O)[C@H](c1cc(OC)c(OC)c(O[Si](c2ccccc2)(c2ccccc2)C(C)(C)C)c1)C1CCCCC1. The molecule has 298 valence electrons. The lowest BCUT2D eigenvalue weighted by atomic mass is 9.75. The molecule has 0 spiro atoms. The molecule has 2 aliphatic rings. The Morgan fingerprint density at radius 3 is 2.00 bits per heavy atom. The standard InChI is InChI=1S/C45H61NO8Si/c1-9-38(52-31-49-6)32(2)53-44(48)37-27-19-20-28-46(37)43(47)41(33-21-13-10-14-22-33)34-29-39(50-7)42(51-8)40(30-34)54-55(45(3,4)5,35-23-15-11-16-24-35)36-25-17-12-18-26-36/h9,11-12,15-18,23-26,29-30,32-33,37-38,41H,1,10,13-14,19-22,27-28,31H2,2-8H3/t32-,37+,38+,41+/m1/s1. The van der Waals surface area contributed by atoms with Crippen LogP contribution in [0, 0.1) is 5.92 Å². The molecule has 10 heteroatoms. The van der Waals surface area contributed by atoms with Gasteiger partial charge in [0.25, 0.3) is 0 Å². The van der Waals surface area contributed by atoms with E-state index in [2.05, 4.69) is 75.9 Å². The van der Waals surface area contributed by atoms with Crippen LogP contribution in [-0.2, 0) is 23.8 Å². The molecule has 4 atom stereocenters. The number of carbonyl (C=O) groups excluding carboxylic acids is 2. The second-order valence-electron chi connectivity index (χ2n) is 15.9. The van der Waals surface area contributed by atoms with Crippen LogP contribution in [0.2, 0.25) is 5.04 Å². The molecular weight excluding hydrogens is 711 g/mol. The molecule has 1 saturated heterocycles. The van der Waals surface area contributed by atoms with Crippen molar-refractivity contribution in [2.45, 2.75) is 108 Å². The van der Waals surface area contributed by atoms with Crippen molar-refractivity contribution in [3.63, 3.8) is 0 Å². The minimum Gasteiger partial charge on any atom is -0.531 e. The number of hydrogen-bond donors (Lipinski definition) is 0. The smallest absolute Gasteiger partial charge is 0.329 e. The van der Waals surface area contributed by atoms with Gasteiger partial charge in [-0.2, -0.15) is 0 Å². The van der Waals surface area contributed by atoms with Crippen LogP contribution in [0.3, 0.4) is 0 Å². The average Bonchev–Trinajstić information content (AvgIpc) is 3.20. The predicted octanol–water partition coefficient (Wildman–Crippen LogP) is 7.79. The van der Waals surface area contributed by atoms with E-state index in [4.69, 9.17) is 28.1 Å². The number of carbonyl (C=O) groups is 2. The maximum Gasteiger partial charge on any atom is 0.329 e. The second kappa shape index (κ2) is 19.2. The second-order valence-corrected chi connectivity index (χ2v) is 20.1. The number of likely N-dealkylation sites (tertiary alicyclic amines) is 1. The highest BCUT2D eigenvalue weighted by Crippen LogP contribution is 2.48. The van der Waals surface area contributed by atoms with Crippen LogP contribution in [0.15, 0.2) is 85.5 Å². The first-order chi connectivity index (χ1) is 26.5. The molecule has 3 aromatic carbocycles. The van der Waals surface area contributed by atoms with Gasteiger partial charge in [-0.25, -0.2) is 4.79 Å². The number of benzene rings is 3. The van der Waals surface area contributed by atoms with Gasteiger partial charge < -0.3 is 33.0 Å². The number of amides is 1. The van der Waals surface area contributed by atoms with E-state index in [1.165, 1.54) is 7.11 Å². The van der Waals surface area contributed by atoms with Gasteiger partial charge in [-0.3, -0.25) is 4.79 Å². The van der Waals surface area contributed by atoms with Crippen molar-refractivity contribution < 1.29 is 37.7 Å². The van der Waals surface area contributed by atoms with Crippen molar-refractivity contribution in [1.82, 2.24) is 4.90 Å². The third-order valence-corrected chi connectivity index (χ3v) is 16.3. The van der Waals surface area contributed by atoms with Crippen molar-refractivity contribution in [2.24, 2.45) is 5.92 Å². The van der Waals surface area contributed by atoms with E-state index in [-0.39, 0.29) is 23.7 Å². The molecule has 0 bridgehead atoms. The number of ether oxygens (including phenoxy) is 5. The highest BCUT2D eigenvalue weighted by molar-refractivity contribution is 7.00. The Bertz CT molecular complexity index is 1670. The van der Waals surface area contributed by atoms with Crippen molar-refractivity contribution in [3.8, 4) is 17.2 Å². The zero-order chi connectivity index (χ0) is 39.6. The van der Waals surface area contributed by atoms with Gasteiger partial charge >= 0.3 is 14.3 Å². The quantitative estimate of drug-likeness (QED) is 0.0631. The summed E-state index contributed by atoms with van der Waals surface area (Å²) in [5, 5.41) is 1.92. The lowest BCUT2D eigenvalue weighted by Gasteiger charge is -2.43. The fourth-order valence-corrected chi connectivity index (χ4v) is 13.0. The molecule has 3 aromatic rings. The number of rotatable bonds is 16. The van der Waals surface area contributed by atoms with Crippen LogP contribution in [0.25, 0.3) is 0 Å². The molecule has 1 aliphatic heterocycles. The van der Waals surface area contributed by atoms with Crippen LogP contribution < -0.4 is 24.3 Å². The van der Waals surface area contributed by atoms with Crippen molar-refractivity contribution in [3.05, 3.63) is 91.0 Å². The summed E-state index contributed by atoms with van der Waals surface area (Å²) in [4.78, 5) is 30.9. The monoisotopic (exact) mass is 771 g/mol. The van der Waals surface area contributed by atoms with Gasteiger partial charge in [0.1, 0.15) is 25.0 Å². The van der Waals surface area contributed by atoms with Crippen molar-refractivity contribution in [2.75, 3.05) is 34.7 Å². The fourth-order valence-electron chi connectivity index (χ4n) is 8.59. The minimum absolute atomic E-state index is 0.0444. The summed E-state index contributed by atoms with van der Waals surface area (Å²) in [6, 6.07) is 24.2. The summed E-state index contributed by atoms with van der Waals surface area (Å²) >= 11 is 0. The van der Waals surface area contributed by atoms with Crippen LogP contribution in [-0.4, -0.2) is 78.0 Å². The first-order valence-electron chi connectivity index (χ1n) is 19.8. The third-order valence-electron chi connectivity index (χ3n) is 11.3. The molecule has 55 heavy (non-hydrogen) atoms. The van der Waals surface area contributed by atoms with Gasteiger partial charge in [0.05, 0.1) is 20.1 Å². The van der Waals surface area contributed by atoms with Gasteiger partial charge in [-0.05, 0) is 78.1 Å². The fraction of sp³-hybridized carbons (Fsp3) is 0.511. The zero-order valence-electron chi connectivity index (χ0n) is 33.9. The Labute approximate surface area is 329 Å². The number of nitrogens with zero attached hydrogens (tertiary/aromatic N) is 1. The maximum absolute atomic E-state index is 15.2. The van der Waals surface area contributed by atoms with E-state index in [0.717, 1.165) is 60.9 Å². The number of methoxy groups -OCH3 is 3. The van der Waals surface area contributed by atoms with E-state index < -0.39 is 38.5 Å². The zero-order valence-corrected chi connectivity index (χ0v) is 34.9. The van der Waals surface area contributed by atoms with Crippen LogP contribution in [0.4, 0.5) is 0 Å². The van der Waals surface area contributed by atoms with E-state index in [0.29, 0.717) is 30.2 Å². The molecule has 1 heterocycles. The maximum atomic E-state index is 15.2. The molecule has 0 aromatic heterocycles. The Hall–Kier alpha value is -4.12. The molecule has 2 fully saturated rings. The molecule has 9 nitrogen and oxygen atoms in total. The van der Waals surface area contributed by atoms with E-state index >= 15 is 4.79 Å². The summed E-state index contributed by atoms with van der Waals surface area (Å²) in [7, 11) is 1.67. The first kappa shape index (κ1) is 42.0. The average molecular weight is 772 g/mol. The summed E-state index contributed by atoms with van der Waals surface area (Å²) < 4.78 is 36.4. The predicted molar refractivity (Wildman–Crippen MR) is 219 cm³/mol. The first-order valence-corrected chi connectivity index (χ1v) is 21.7. The number of piperidine rings is 1. The minimum atomic E-state index is -3.11. The molecule has 0 radical (unpaired) electrons. The summed E-state index contributed by atoms with van der Waals surface area (Å²) in [6.07, 6.45) is 7.64. The third kappa shape index (κ3) is 9.30. The summed E-state index contributed by atoms with van der Waals surface area (Å²) in [5.74, 6) is 0.560. The molecule has 1 amide bonds. The highest BCUT2D eigenvalue weighted by Gasteiger charge is 2.53. The largest absolute Gasteiger partial charge is 0.531 e. The Morgan fingerprint density at radius 2 is 1.45 bits per heavy atom. The van der Waals surface area contributed by atoms with Gasteiger partial charge in [-0.15, -0.1) is 6.58 Å². The summed E-state index contributed by atoms with van der Waals surface area (Å²) in [5.41, 5.74) is 0.799. The van der Waals surface area contributed by atoms with Crippen LogP contribution >= 0.6 is 0 Å². The van der Waals surface area contributed by atoms with Gasteiger partial charge in [0.15, 0.2) is 11.5 Å². The van der Waals surface area contributed by atoms with Gasteiger partial charge in [-0.1, -0.05) is 107 Å². The molecule has 1 aliphatic carbocycles. The lowest BCUT2D eigenvalue weighted by molar-refractivity contribution is -0.169. The van der Waals surface area contributed by atoms with E-state index in [1.807, 2.05) is 24.3 Å². The molecule has 5 rings (SSSR count). The van der Waals surface area contributed by atoms with Gasteiger partial charge in [0, 0.05) is 13.7 Å². The molecule has 0 N–H and O–H groups in total. The molecule has 0 unspecified atom stereocenters. The van der Waals surface area contributed by atoms with Crippen LogP contribution in [0.1, 0.15) is 90.5 Å². The molecule has 1 saturated carbocycles. The number of esters is 1. The lowest BCUT2D eigenvalue weighted by Crippen LogP contribution is -2.68.